The predicted octanol–water partition coefficient (Wildman–Crippen LogP) is 1.85. The van der Waals surface area contributed by atoms with Gasteiger partial charge in [-0.05, 0) is 26.3 Å². The summed E-state index contributed by atoms with van der Waals surface area (Å²) in [6.07, 6.45) is 4.02. The molecule has 0 amide bonds. The first-order valence-corrected chi connectivity index (χ1v) is 6.12. The van der Waals surface area contributed by atoms with Gasteiger partial charge in [0.15, 0.2) is 5.13 Å². The van der Waals surface area contributed by atoms with Crippen molar-refractivity contribution in [1.29, 1.82) is 0 Å². The maximum absolute atomic E-state index is 4.61. The zero-order chi connectivity index (χ0) is 9.80. The van der Waals surface area contributed by atoms with E-state index in [1.165, 1.54) is 37.5 Å². The summed E-state index contributed by atoms with van der Waals surface area (Å²) in [7, 11) is 1.96. The molecule has 1 aliphatic heterocycles. The summed E-state index contributed by atoms with van der Waals surface area (Å²) in [4.78, 5) is 7.02. The van der Waals surface area contributed by atoms with Crippen LogP contribution >= 0.6 is 11.3 Å². The van der Waals surface area contributed by atoms with Crippen LogP contribution in [0.5, 0.6) is 0 Å². The number of rotatable bonds is 3. The van der Waals surface area contributed by atoms with Gasteiger partial charge in [-0.1, -0.05) is 0 Å². The number of thiazole rings is 1. The summed E-state index contributed by atoms with van der Waals surface area (Å²) >= 11 is 1.77. The van der Waals surface area contributed by atoms with E-state index in [4.69, 9.17) is 0 Å². The van der Waals surface area contributed by atoms with E-state index in [9.17, 15) is 0 Å². The summed E-state index contributed by atoms with van der Waals surface area (Å²) in [5.41, 5.74) is 1.16. The molecule has 1 saturated heterocycles. The molecule has 4 heteroatoms. The van der Waals surface area contributed by atoms with E-state index in [-0.39, 0.29) is 0 Å². The molecule has 1 fully saturated rings. The van der Waals surface area contributed by atoms with Crippen molar-refractivity contribution in [2.75, 3.05) is 25.0 Å². The highest BCUT2D eigenvalue weighted by atomic mass is 32.1. The zero-order valence-corrected chi connectivity index (χ0v) is 9.44. The monoisotopic (exact) mass is 211 g/mol. The summed E-state index contributed by atoms with van der Waals surface area (Å²) < 4.78 is 0. The van der Waals surface area contributed by atoms with Gasteiger partial charge >= 0.3 is 0 Å². The molecule has 2 heterocycles. The second-order valence-corrected chi connectivity index (χ2v) is 4.54. The molecule has 0 saturated carbocycles. The first kappa shape index (κ1) is 9.93. The lowest BCUT2D eigenvalue weighted by atomic mass is 10.1. The Balaban J connectivity index is 2.00. The van der Waals surface area contributed by atoms with Crippen LogP contribution in [-0.2, 0) is 6.54 Å². The van der Waals surface area contributed by atoms with Gasteiger partial charge in [-0.25, -0.2) is 4.98 Å². The molecule has 0 atom stereocenters. The SMILES string of the molecule is CNCc1csc(N2CCCCC2)n1. The Labute approximate surface area is 89.1 Å². The third-order valence-electron chi connectivity index (χ3n) is 2.52. The largest absolute Gasteiger partial charge is 0.348 e. The van der Waals surface area contributed by atoms with E-state index in [1.54, 1.807) is 11.3 Å². The van der Waals surface area contributed by atoms with Gasteiger partial charge in [0.1, 0.15) is 0 Å². The second kappa shape index (κ2) is 4.75. The normalized spacial score (nSPS) is 17.4. The molecule has 0 bridgehead atoms. The van der Waals surface area contributed by atoms with Gasteiger partial charge in [0.05, 0.1) is 5.69 Å². The van der Waals surface area contributed by atoms with E-state index in [2.05, 4.69) is 20.6 Å². The highest BCUT2D eigenvalue weighted by Crippen LogP contribution is 2.23. The van der Waals surface area contributed by atoms with Gasteiger partial charge in [-0.3, -0.25) is 0 Å². The maximum Gasteiger partial charge on any atom is 0.185 e. The number of anilines is 1. The Kier molecular flexibility index (Phi) is 3.37. The van der Waals surface area contributed by atoms with Crippen molar-refractivity contribution < 1.29 is 0 Å². The highest BCUT2D eigenvalue weighted by Gasteiger charge is 2.13. The van der Waals surface area contributed by atoms with E-state index in [0.717, 1.165) is 12.2 Å². The topological polar surface area (TPSA) is 28.2 Å². The predicted molar refractivity (Wildman–Crippen MR) is 60.9 cm³/mol. The molecule has 3 nitrogen and oxygen atoms in total. The maximum atomic E-state index is 4.61. The minimum absolute atomic E-state index is 0.879. The fraction of sp³-hybridized carbons (Fsp3) is 0.700. The molecular weight excluding hydrogens is 194 g/mol. The van der Waals surface area contributed by atoms with Crippen molar-refractivity contribution in [3.8, 4) is 0 Å². The Morgan fingerprint density at radius 2 is 2.21 bits per heavy atom. The lowest BCUT2D eigenvalue weighted by Gasteiger charge is -2.25. The van der Waals surface area contributed by atoms with Gasteiger partial charge in [-0.2, -0.15) is 0 Å². The molecule has 1 aliphatic rings. The Bertz CT molecular complexity index is 279. The smallest absolute Gasteiger partial charge is 0.185 e. The van der Waals surface area contributed by atoms with Crippen molar-refractivity contribution >= 4 is 16.5 Å². The quantitative estimate of drug-likeness (QED) is 0.827. The van der Waals surface area contributed by atoms with Crippen LogP contribution in [0.3, 0.4) is 0 Å². The second-order valence-electron chi connectivity index (χ2n) is 3.70. The Hall–Kier alpha value is -0.610. The molecule has 0 unspecified atom stereocenters. The molecule has 0 radical (unpaired) electrons. The molecule has 0 spiro atoms. The van der Waals surface area contributed by atoms with Gasteiger partial charge in [0, 0.05) is 25.0 Å². The molecule has 0 aromatic carbocycles. The molecular formula is C10H17N3S. The number of nitrogens with zero attached hydrogens (tertiary/aromatic N) is 2. The van der Waals surface area contributed by atoms with Crippen LogP contribution in [0.1, 0.15) is 25.0 Å². The van der Waals surface area contributed by atoms with Crippen molar-refractivity contribution in [2.24, 2.45) is 0 Å². The third-order valence-corrected chi connectivity index (χ3v) is 3.47. The van der Waals surface area contributed by atoms with E-state index in [0.29, 0.717) is 0 Å². The van der Waals surface area contributed by atoms with Crippen LogP contribution in [0.2, 0.25) is 0 Å². The van der Waals surface area contributed by atoms with Crippen LogP contribution < -0.4 is 10.2 Å². The average molecular weight is 211 g/mol. The first-order valence-electron chi connectivity index (χ1n) is 5.24. The lowest BCUT2D eigenvalue weighted by Crippen LogP contribution is -2.29. The van der Waals surface area contributed by atoms with Crippen molar-refractivity contribution in [1.82, 2.24) is 10.3 Å². The van der Waals surface area contributed by atoms with Crippen LogP contribution in [0, 0.1) is 0 Å². The lowest BCUT2D eigenvalue weighted by molar-refractivity contribution is 0.576. The fourth-order valence-electron chi connectivity index (χ4n) is 1.79. The average Bonchev–Trinajstić information content (AvgIpc) is 2.68. The molecule has 0 aliphatic carbocycles. The number of hydrogen-bond acceptors (Lipinski definition) is 4. The third kappa shape index (κ3) is 2.25. The summed E-state index contributed by atoms with van der Waals surface area (Å²) in [6, 6.07) is 0. The standard InChI is InChI=1S/C10H17N3S/c1-11-7-9-8-14-10(12-9)13-5-3-2-4-6-13/h8,11H,2-7H2,1H3. The molecule has 1 N–H and O–H groups in total. The van der Waals surface area contributed by atoms with E-state index < -0.39 is 0 Å². The minimum atomic E-state index is 0.879. The van der Waals surface area contributed by atoms with Gasteiger partial charge in [-0.15, -0.1) is 11.3 Å². The first-order chi connectivity index (χ1) is 6.90. The molecule has 1 aromatic rings. The zero-order valence-electron chi connectivity index (χ0n) is 8.62. The summed E-state index contributed by atoms with van der Waals surface area (Å²) in [5, 5.41) is 6.48. The van der Waals surface area contributed by atoms with Gasteiger partial charge < -0.3 is 10.2 Å². The molecule has 14 heavy (non-hydrogen) atoms. The van der Waals surface area contributed by atoms with E-state index in [1.807, 2.05) is 7.05 Å². The van der Waals surface area contributed by atoms with Gasteiger partial charge in [0.25, 0.3) is 0 Å². The summed E-state index contributed by atoms with van der Waals surface area (Å²) in [6.45, 7) is 3.25. The van der Waals surface area contributed by atoms with Crippen molar-refractivity contribution in [3.63, 3.8) is 0 Å². The number of nitrogens with one attached hydrogen (secondary N) is 1. The fourth-order valence-corrected chi connectivity index (χ4v) is 2.67. The van der Waals surface area contributed by atoms with Gasteiger partial charge in [0.2, 0.25) is 0 Å². The van der Waals surface area contributed by atoms with Crippen LogP contribution in [0.4, 0.5) is 5.13 Å². The van der Waals surface area contributed by atoms with E-state index >= 15 is 0 Å². The number of hydrogen-bond donors (Lipinski definition) is 1. The number of aromatic nitrogens is 1. The Morgan fingerprint density at radius 3 is 2.93 bits per heavy atom. The summed E-state index contributed by atoms with van der Waals surface area (Å²) in [5.74, 6) is 0. The van der Waals surface area contributed by atoms with Crippen LogP contribution in [0.15, 0.2) is 5.38 Å². The minimum Gasteiger partial charge on any atom is -0.348 e. The highest BCUT2D eigenvalue weighted by molar-refractivity contribution is 7.13. The Morgan fingerprint density at radius 1 is 1.43 bits per heavy atom. The molecule has 2 rings (SSSR count). The van der Waals surface area contributed by atoms with Crippen molar-refractivity contribution in [3.05, 3.63) is 11.1 Å². The molecule has 78 valence electrons. The van der Waals surface area contributed by atoms with Crippen LogP contribution in [-0.4, -0.2) is 25.1 Å². The van der Waals surface area contributed by atoms with Crippen molar-refractivity contribution in [2.45, 2.75) is 25.8 Å². The number of piperidine rings is 1. The molecule has 1 aromatic heterocycles. The van der Waals surface area contributed by atoms with Crippen LogP contribution in [0.25, 0.3) is 0 Å².